The topological polar surface area (TPSA) is 49.5 Å². The summed E-state index contributed by atoms with van der Waals surface area (Å²) in [7, 11) is 2.07. The Morgan fingerprint density at radius 3 is 2.36 bits per heavy atom. The van der Waals surface area contributed by atoms with Gasteiger partial charge in [-0.15, -0.1) is 0 Å². The Bertz CT molecular complexity index is 169. The molecule has 3 nitrogen and oxygen atoms in total. The van der Waals surface area contributed by atoms with Crippen LogP contribution in [-0.2, 0) is 0 Å². The second-order valence-corrected chi connectivity index (χ2v) is 4.95. The summed E-state index contributed by atoms with van der Waals surface area (Å²) in [5.74, 6) is 1.28. The number of aliphatic hydroxyl groups is 1. The van der Waals surface area contributed by atoms with Gasteiger partial charge in [-0.1, -0.05) is 13.8 Å². The molecule has 1 saturated carbocycles. The van der Waals surface area contributed by atoms with Crippen LogP contribution < -0.4 is 5.73 Å². The predicted molar refractivity (Wildman–Crippen MR) is 59.0 cm³/mol. The van der Waals surface area contributed by atoms with E-state index in [2.05, 4.69) is 25.8 Å². The summed E-state index contributed by atoms with van der Waals surface area (Å²) in [6.45, 7) is 5.48. The smallest absolute Gasteiger partial charge is 0.0601 e. The fraction of sp³-hybridized carbons (Fsp3) is 1.00. The normalized spacial score (nSPS) is 21.6. The maximum atomic E-state index is 9.33. The monoisotopic (exact) mass is 200 g/mol. The molecular weight excluding hydrogens is 176 g/mol. The van der Waals surface area contributed by atoms with Crippen LogP contribution >= 0.6 is 0 Å². The van der Waals surface area contributed by atoms with Crippen LogP contribution in [0.4, 0.5) is 0 Å². The minimum atomic E-state index is 0.0729. The van der Waals surface area contributed by atoms with E-state index >= 15 is 0 Å². The zero-order valence-electron chi connectivity index (χ0n) is 9.61. The van der Waals surface area contributed by atoms with Gasteiger partial charge in [0.15, 0.2) is 0 Å². The number of hydrogen-bond donors (Lipinski definition) is 2. The van der Waals surface area contributed by atoms with Crippen LogP contribution in [0.2, 0.25) is 0 Å². The molecule has 0 heterocycles. The van der Waals surface area contributed by atoms with Crippen LogP contribution in [0.5, 0.6) is 0 Å². The van der Waals surface area contributed by atoms with Crippen molar-refractivity contribution in [2.45, 2.75) is 38.8 Å². The van der Waals surface area contributed by atoms with Crippen molar-refractivity contribution in [1.29, 1.82) is 0 Å². The lowest BCUT2D eigenvalue weighted by Crippen LogP contribution is -2.51. The fourth-order valence-electron chi connectivity index (χ4n) is 1.84. The van der Waals surface area contributed by atoms with Gasteiger partial charge >= 0.3 is 0 Å². The van der Waals surface area contributed by atoms with Crippen molar-refractivity contribution in [3.8, 4) is 0 Å². The number of nitrogens with two attached hydrogens (primary N) is 1. The lowest BCUT2D eigenvalue weighted by Gasteiger charge is -2.33. The zero-order chi connectivity index (χ0) is 10.7. The first kappa shape index (κ1) is 12.0. The molecule has 3 heteroatoms. The molecule has 0 bridgehead atoms. The van der Waals surface area contributed by atoms with Gasteiger partial charge in [0.05, 0.1) is 6.61 Å². The molecule has 1 aliphatic carbocycles. The van der Waals surface area contributed by atoms with Crippen molar-refractivity contribution in [3.05, 3.63) is 0 Å². The molecule has 0 spiro atoms. The Balaban J connectivity index is 2.41. The summed E-state index contributed by atoms with van der Waals surface area (Å²) < 4.78 is 0. The summed E-state index contributed by atoms with van der Waals surface area (Å²) >= 11 is 0. The third kappa shape index (κ3) is 3.23. The number of rotatable bonds is 6. The van der Waals surface area contributed by atoms with Gasteiger partial charge in [0.2, 0.25) is 0 Å². The summed E-state index contributed by atoms with van der Waals surface area (Å²) in [5, 5.41) is 9.33. The molecule has 1 aliphatic rings. The van der Waals surface area contributed by atoms with Crippen molar-refractivity contribution < 1.29 is 5.11 Å². The van der Waals surface area contributed by atoms with Crippen LogP contribution in [0.25, 0.3) is 0 Å². The van der Waals surface area contributed by atoms with Gasteiger partial charge < -0.3 is 10.8 Å². The molecule has 1 fully saturated rings. The molecule has 0 aromatic heterocycles. The molecule has 2 atom stereocenters. The second kappa shape index (κ2) is 5.10. The first-order valence-corrected chi connectivity index (χ1v) is 5.63. The summed E-state index contributed by atoms with van der Waals surface area (Å²) in [6.07, 6.45) is 2.69. The van der Waals surface area contributed by atoms with Crippen LogP contribution in [0.3, 0.4) is 0 Å². The Morgan fingerprint density at radius 1 is 1.43 bits per heavy atom. The van der Waals surface area contributed by atoms with Crippen molar-refractivity contribution in [2.75, 3.05) is 20.2 Å². The largest absolute Gasteiger partial charge is 0.395 e. The Morgan fingerprint density at radius 2 is 2.00 bits per heavy atom. The van der Waals surface area contributed by atoms with Crippen molar-refractivity contribution in [2.24, 2.45) is 17.6 Å². The van der Waals surface area contributed by atoms with E-state index in [1.165, 1.54) is 12.8 Å². The predicted octanol–water partition coefficient (Wildman–Crippen LogP) is 0.672. The minimum absolute atomic E-state index is 0.0729. The number of nitrogens with zero attached hydrogens (tertiary/aromatic N) is 1. The molecule has 0 amide bonds. The first-order valence-electron chi connectivity index (χ1n) is 5.63. The standard InChI is InChI=1S/C11H24N2O/c1-8(2)11(12)10(7-14)13(3)6-9-4-5-9/h8-11,14H,4-7,12H2,1-3H3. The van der Waals surface area contributed by atoms with Crippen LogP contribution in [0, 0.1) is 11.8 Å². The number of aliphatic hydroxyl groups excluding tert-OH is 1. The maximum absolute atomic E-state index is 9.33. The average molecular weight is 200 g/mol. The van der Waals surface area contributed by atoms with Gasteiger partial charge in [0.25, 0.3) is 0 Å². The van der Waals surface area contributed by atoms with Crippen molar-refractivity contribution in [1.82, 2.24) is 4.90 Å². The molecule has 0 aromatic rings. The SMILES string of the molecule is CC(C)C(N)C(CO)N(C)CC1CC1. The molecule has 14 heavy (non-hydrogen) atoms. The van der Waals surface area contributed by atoms with E-state index in [0.717, 1.165) is 12.5 Å². The summed E-state index contributed by atoms with van der Waals surface area (Å²) in [4.78, 5) is 2.22. The summed E-state index contributed by atoms with van der Waals surface area (Å²) in [5.41, 5.74) is 6.07. The van der Waals surface area contributed by atoms with Gasteiger partial charge in [-0.05, 0) is 31.7 Å². The van der Waals surface area contributed by atoms with Gasteiger partial charge in [0, 0.05) is 18.6 Å². The van der Waals surface area contributed by atoms with E-state index in [1.807, 2.05) is 0 Å². The third-order valence-corrected chi connectivity index (χ3v) is 3.21. The van der Waals surface area contributed by atoms with Gasteiger partial charge in [-0.3, -0.25) is 4.90 Å². The van der Waals surface area contributed by atoms with E-state index in [4.69, 9.17) is 5.73 Å². The van der Waals surface area contributed by atoms with Gasteiger partial charge in [-0.25, -0.2) is 0 Å². The highest BCUT2D eigenvalue weighted by molar-refractivity contribution is 4.85. The van der Waals surface area contributed by atoms with E-state index in [0.29, 0.717) is 5.92 Å². The van der Waals surface area contributed by atoms with E-state index < -0.39 is 0 Å². The molecule has 0 aromatic carbocycles. The molecule has 0 aliphatic heterocycles. The van der Waals surface area contributed by atoms with Gasteiger partial charge in [-0.2, -0.15) is 0 Å². The van der Waals surface area contributed by atoms with Gasteiger partial charge in [0.1, 0.15) is 0 Å². The minimum Gasteiger partial charge on any atom is -0.395 e. The van der Waals surface area contributed by atoms with E-state index in [1.54, 1.807) is 0 Å². The average Bonchev–Trinajstić information content (AvgIpc) is 2.89. The molecule has 0 saturated heterocycles. The molecule has 84 valence electrons. The Hall–Kier alpha value is -0.120. The molecular formula is C11H24N2O. The summed E-state index contributed by atoms with van der Waals surface area (Å²) in [6, 6.07) is 0.194. The lowest BCUT2D eigenvalue weighted by atomic mass is 9.97. The van der Waals surface area contributed by atoms with Crippen LogP contribution in [0.1, 0.15) is 26.7 Å². The zero-order valence-corrected chi connectivity index (χ0v) is 9.61. The number of likely N-dealkylation sites (N-methyl/N-ethyl adjacent to an activating group) is 1. The van der Waals surface area contributed by atoms with Crippen molar-refractivity contribution >= 4 is 0 Å². The Kier molecular flexibility index (Phi) is 4.35. The maximum Gasteiger partial charge on any atom is 0.0601 e. The van der Waals surface area contributed by atoms with E-state index in [9.17, 15) is 5.11 Å². The quantitative estimate of drug-likeness (QED) is 0.662. The van der Waals surface area contributed by atoms with Crippen LogP contribution in [0.15, 0.2) is 0 Å². The molecule has 1 rings (SSSR count). The molecule has 3 N–H and O–H groups in total. The number of hydrogen-bond acceptors (Lipinski definition) is 3. The highest BCUT2D eigenvalue weighted by atomic mass is 16.3. The van der Waals surface area contributed by atoms with E-state index in [-0.39, 0.29) is 18.7 Å². The highest BCUT2D eigenvalue weighted by Crippen LogP contribution is 2.30. The molecule has 0 radical (unpaired) electrons. The fourth-order valence-corrected chi connectivity index (χ4v) is 1.84. The second-order valence-electron chi connectivity index (χ2n) is 4.95. The van der Waals surface area contributed by atoms with Crippen LogP contribution in [-0.4, -0.2) is 42.3 Å². The lowest BCUT2D eigenvalue weighted by molar-refractivity contribution is 0.109. The third-order valence-electron chi connectivity index (χ3n) is 3.21. The molecule has 2 unspecified atom stereocenters. The Labute approximate surface area is 87.3 Å². The van der Waals surface area contributed by atoms with Crippen molar-refractivity contribution in [3.63, 3.8) is 0 Å². The first-order chi connectivity index (χ1) is 6.56. The highest BCUT2D eigenvalue weighted by Gasteiger charge is 2.29.